The molecule has 0 bridgehead atoms. The van der Waals surface area contributed by atoms with E-state index in [2.05, 4.69) is 68.3 Å². The number of carbonyl (C=O) groups is 1. The van der Waals surface area contributed by atoms with Gasteiger partial charge in [-0.2, -0.15) is 9.97 Å². The summed E-state index contributed by atoms with van der Waals surface area (Å²) < 4.78 is 16.9. The van der Waals surface area contributed by atoms with E-state index in [0.29, 0.717) is 38.0 Å². The number of piperazine rings is 2. The first kappa shape index (κ1) is 34.3. The number of hydrogen-bond donors (Lipinski definition) is 1. The van der Waals surface area contributed by atoms with Crippen molar-refractivity contribution in [2.75, 3.05) is 60.2 Å². The van der Waals surface area contributed by atoms with Crippen LogP contribution in [0.1, 0.15) is 29.5 Å². The Labute approximate surface area is 265 Å². The lowest BCUT2D eigenvalue weighted by Crippen LogP contribution is -2.67. The molecule has 1 N–H and O–H groups in total. The molecule has 1 amide bonds. The minimum absolute atomic E-state index is 0. The predicted molar refractivity (Wildman–Crippen MR) is 169 cm³/mol. The average molecular weight is 635 g/mol. The molecule has 234 valence electrons. The molecular weight excluding hydrogens is 593 g/mol. The molecule has 2 saturated heterocycles. The third-order valence-corrected chi connectivity index (χ3v) is 8.01. The molecule has 3 heterocycles. The second-order valence-electron chi connectivity index (χ2n) is 10.4. The maximum Gasteiger partial charge on any atom is 0.322 e. The van der Waals surface area contributed by atoms with E-state index in [4.69, 9.17) is 14.2 Å². The molecule has 0 radical (unpaired) electrons. The summed E-state index contributed by atoms with van der Waals surface area (Å²) in [5.74, 6) is 0.745. The van der Waals surface area contributed by atoms with E-state index in [1.807, 2.05) is 19.1 Å². The van der Waals surface area contributed by atoms with Gasteiger partial charge >= 0.3 is 6.01 Å². The van der Waals surface area contributed by atoms with E-state index in [-0.39, 0.29) is 54.7 Å². The Morgan fingerprint density at radius 2 is 1.53 bits per heavy atom. The third kappa shape index (κ3) is 7.69. The van der Waals surface area contributed by atoms with Crippen molar-refractivity contribution in [3.63, 3.8) is 0 Å². The van der Waals surface area contributed by atoms with Crippen LogP contribution < -0.4 is 14.2 Å². The zero-order chi connectivity index (χ0) is 28.8. The number of benzene rings is 2. The number of nitrogens with zero attached hydrogens (tertiary/aromatic N) is 5. The first-order chi connectivity index (χ1) is 20.1. The lowest BCUT2D eigenvalue weighted by Gasteiger charge is -2.53. The van der Waals surface area contributed by atoms with Gasteiger partial charge in [0.15, 0.2) is 0 Å². The van der Waals surface area contributed by atoms with Crippen molar-refractivity contribution < 1.29 is 24.1 Å². The summed E-state index contributed by atoms with van der Waals surface area (Å²) in [4.78, 5) is 28.2. The molecule has 1 aromatic heterocycles. The number of carbonyl (C=O) groups excluding carboxylic acids is 1. The van der Waals surface area contributed by atoms with Gasteiger partial charge in [-0.05, 0) is 18.1 Å². The van der Waals surface area contributed by atoms with Crippen LogP contribution in [0.4, 0.5) is 0 Å². The van der Waals surface area contributed by atoms with Crippen LogP contribution >= 0.6 is 24.8 Å². The zero-order valence-electron chi connectivity index (χ0n) is 24.8. The molecule has 3 aromatic rings. The molecule has 0 aliphatic carbocycles. The summed E-state index contributed by atoms with van der Waals surface area (Å²) in [6.07, 6.45) is 0. The normalized spacial score (nSPS) is 18.7. The van der Waals surface area contributed by atoms with Crippen LogP contribution in [-0.2, 0) is 11.3 Å². The highest BCUT2D eigenvalue weighted by atomic mass is 35.5. The molecule has 43 heavy (non-hydrogen) atoms. The SMILES string of the molecule is CCOc1nc(OC)nc(OC)c1CN1C[C@@H]2CN(C(=O)CO)CCN2[C@H](C(c2ccccc2)c2ccccc2)C1.Cl.Cl. The maximum atomic E-state index is 12.5. The van der Waals surface area contributed by atoms with E-state index < -0.39 is 6.61 Å². The van der Waals surface area contributed by atoms with Gasteiger partial charge < -0.3 is 24.2 Å². The van der Waals surface area contributed by atoms with Crippen molar-refractivity contribution >= 4 is 30.7 Å². The van der Waals surface area contributed by atoms with Gasteiger partial charge in [0.25, 0.3) is 0 Å². The lowest BCUT2D eigenvalue weighted by atomic mass is 9.81. The maximum absolute atomic E-state index is 12.5. The Morgan fingerprint density at radius 3 is 2.09 bits per heavy atom. The van der Waals surface area contributed by atoms with Crippen LogP contribution in [0.2, 0.25) is 0 Å². The van der Waals surface area contributed by atoms with Crippen molar-refractivity contribution in [3.8, 4) is 17.8 Å². The smallest absolute Gasteiger partial charge is 0.322 e. The Hall–Kier alpha value is -3.15. The number of amides is 1. The summed E-state index contributed by atoms with van der Waals surface area (Å²) in [5.41, 5.74) is 3.26. The molecule has 2 fully saturated rings. The van der Waals surface area contributed by atoms with Crippen molar-refractivity contribution in [1.29, 1.82) is 0 Å². The van der Waals surface area contributed by atoms with Crippen molar-refractivity contribution in [2.24, 2.45) is 0 Å². The molecule has 2 aliphatic rings. The molecule has 0 unspecified atom stereocenters. The summed E-state index contributed by atoms with van der Waals surface area (Å²) in [5, 5.41) is 9.58. The number of aromatic nitrogens is 2. The van der Waals surface area contributed by atoms with E-state index in [1.54, 1.807) is 12.0 Å². The number of rotatable bonds is 10. The van der Waals surface area contributed by atoms with Crippen molar-refractivity contribution in [3.05, 3.63) is 77.4 Å². The summed E-state index contributed by atoms with van der Waals surface area (Å²) in [7, 11) is 3.10. The topological polar surface area (TPSA) is 100 Å². The standard InChI is InChI=1S/C31H39N5O5.2ClH/c1-4-41-30-25(29(39-2)32-31(33-30)40-3)19-34-17-24-18-35(27(38)21-37)15-16-36(24)26(20-34)28(22-11-7-5-8-12-22)23-13-9-6-10-14-23;;/h5-14,24,26,28,37H,4,15-21H2,1-3H3;2*1H/t24-,26+;;/m1../s1. The lowest BCUT2D eigenvalue weighted by molar-refractivity contribution is -0.139. The van der Waals surface area contributed by atoms with Gasteiger partial charge in [0.2, 0.25) is 17.7 Å². The van der Waals surface area contributed by atoms with E-state index in [9.17, 15) is 9.90 Å². The average Bonchev–Trinajstić information content (AvgIpc) is 3.02. The van der Waals surface area contributed by atoms with Crippen LogP contribution in [0, 0.1) is 0 Å². The number of methoxy groups -OCH3 is 2. The largest absolute Gasteiger partial charge is 0.481 e. The fourth-order valence-electron chi connectivity index (χ4n) is 6.22. The first-order valence-electron chi connectivity index (χ1n) is 14.1. The van der Waals surface area contributed by atoms with Gasteiger partial charge in [0, 0.05) is 57.3 Å². The molecule has 12 heteroatoms. The van der Waals surface area contributed by atoms with Crippen LogP contribution in [-0.4, -0.2) is 108 Å². The van der Waals surface area contributed by atoms with Gasteiger partial charge in [-0.1, -0.05) is 60.7 Å². The number of hydrogen-bond acceptors (Lipinski definition) is 9. The molecule has 0 spiro atoms. The van der Waals surface area contributed by atoms with Crippen molar-refractivity contribution in [1.82, 2.24) is 24.7 Å². The van der Waals surface area contributed by atoms with Crippen LogP contribution in [0.15, 0.2) is 60.7 Å². The number of aliphatic hydroxyl groups excluding tert-OH is 1. The number of halogens is 2. The fourth-order valence-corrected chi connectivity index (χ4v) is 6.22. The van der Waals surface area contributed by atoms with Crippen molar-refractivity contribution in [2.45, 2.75) is 31.5 Å². The summed E-state index contributed by atoms with van der Waals surface area (Å²) in [6.45, 7) is 5.78. The number of aliphatic hydroxyl groups is 1. The van der Waals surface area contributed by atoms with E-state index in [0.717, 1.165) is 25.2 Å². The van der Waals surface area contributed by atoms with Crippen LogP contribution in [0.25, 0.3) is 0 Å². The van der Waals surface area contributed by atoms with Gasteiger partial charge in [0.1, 0.15) is 6.61 Å². The summed E-state index contributed by atoms with van der Waals surface area (Å²) >= 11 is 0. The van der Waals surface area contributed by atoms with Gasteiger partial charge in [-0.15, -0.1) is 24.8 Å². The van der Waals surface area contributed by atoms with Gasteiger partial charge in [-0.3, -0.25) is 14.6 Å². The predicted octanol–water partition coefficient (Wildman–Crippen LogP) is 3.26. The molecule has 2 aromatic carbocycles. The molecule has 2 atom stereocenters. The Bertz CT molecular complexity index is 1270. The molecule has 5 rings (SSSR count). The van der Waals surface area contributed by atoms with Gasteiger partial charge in [-0.25, -0.2) is 0 Å². The quantitative estimate of drug-likeness (QED) is 0.360. The Kier molecular flexibility index (Phi) is 12.8. The molecule has 10 nitrogen and oxygen atoms in total. The molecule has 2 aliphatic heterocycles. The molecule has 0 saturated carbocycles. The fraction of sp³-hybridized carbons (Fsp3) is 0.452. The minimum Gasteiger partial charge on any atom is -0.481 e. The van der Waals surface area contributed by atoms with Crippen LogP contribution in [0.3, 0.4) is 0 Å². The highest BCUT2D eigenvalue weighted by Gasteiger charge is 2.43. The molecular formula is C31H41Cl2N5O5. The number of fused-ring (bicyclic) bond motifs is 1. The van der Waals surface area contributed by atoms with E-state index >= 15 is 0 Å². The van der Waals surface area contributed by atoms with Crippen LogP contribution in [0.5, 0.6) is 17.8 Å². The second kappa shape index (κ2) is 16.1. The Balaban J connectivity index is 0.00000253. The monoisotopic (exact) mass is 633 g/mol. The zero-order valence-corrected chi connectivity index (χ0v) is 26.4. The third-order valence-electron chi connectivity index (χ3n) is 8.01. The summed E-state index contributed by atoms with van der Waals surface area (Å²) in [6, 6.07) is 21.7. The highest BCUT2D eigenvalue weighted by molar-refractivity contribution is 5.85. The minimum atomic E-state index is -0.478. The van der Waals surface area contributed by atoms with Gasteiger partial charge in [0.05, 0.1) is 26.4 Å². The Morgan fingerprint density at radius 1 is 0.907 bits per heavy atom. The second-order valence-corrected chi connectivity index (χ2v) is 10.4. The first-order valence-corrected chi connectivity index (χ1v) is 14.1. The highest BCUT2D eigenvalue weighted by Crippen LogP contribution is 2.37. The van der Waals surface area contributed by atoms with E-state index in [1.165, 1.54) is 18.2 Å². The number of ether oxygens (including phenoxy) is 3.